The molecule has 1 N–H and O–H groups in total. The van der Waals surface area contributed by atoms with Gasteiger partial charge in [-0.3, -0.25) is 0 Å². The Morgan fingerprint density at radius 2 is 1.85 bits per heavy atom. The van der Waals surface area contributed by atoms with E-state index in [0.717, 1.165) is 51.1 Å². The van der Waals surface area contributed by atoms with Gasteiger partial charge in [0.05, 0.1) is 37.4 Å². The summed E-state index contributed by atoms with van der Waals surface area (Å²) in [5, 5.41) is 3.84. The molecule has 1 aliphatic heterocycles. The number of nitrogens with one attached hydrogen (secondary N) is 1. The van der Waals surface area contributed by atoms with Gasteiger partial charge < -0.3 is 14.8 Å². The van der Waals surface area contributed by atoms with Crippen LogP contribution in [0.4, 0.5) is 0 Å². The molecule has 33 heavy (non-hydrogen) atoms. The molecule has 2 atom stereocenters. The molecule has 1 heterocycles. The number of hydrogen-bond donors (Lipinski definition) is 1. The van der Waals surface area contributed by atoms with E-state index >= 15 is 0 Å². The first-order valence-electron chi connectivity index (χ1n) is 12.4. The second kappa shape index (κ2) is 10.2. The van der Waals surface area contributed by atoms with Gasteiger partial charge in [-0.05, 0) is 73.3 Å². The number of hydrogen-bond acceptors (Lipinski definition) is 5. The molecule has 2 aliphatic carbocycles. The largest absolute Gasteiger partial charge is 0.494 e. The van der Waals surface area contributed by atoms with Gasteiger partial charge in [0.1, 0.15) is 5.75 Å². The summed E-state index contributed by atoms with van der Waals surface area (Å²) in [5.74, 6) is 2.21. The average Bonchev–Trinajstić information content (AvgIpc) is 3.59. The van der Waals surface area contributed by atoms with Crippen molar-refractivity contribution in [2.45, 2.75) is 56.5 Å². The minimum Gasteiger partial charge on any atom is -0.494 e. The molecule has 1 saturated carbocycles. The van der Waals surface area contributed by atoms with E-state index in [1.165, 1.54) is 16.7 Å². The summed E-state index contributed by atoms with van der Waals surface area (Å²) in [6.45, 7) is 2.04. The molecule has 5 nitrogen and oxygen atoms in total. The number of benzene rings is 2. The van der Waals surface area contributed by atoms with Crippen LogP contribution in [0.5, 0.6) is 5.75 Å². The molecule has 0 amide bonds. The lowest BCUT2D eigenvalue weighted by atomic mass is 9.76. The lowest BCUT2D eigenvalue weighted by Gasteiger charge is -2.39. The summed E-state index contributed by atoms with van der Waals surface area (Å²) < 4.78 is 35.8. The van der Waals surface area contributed by atoms with E-state index in [0.29, 0.717) is 42.7 Å². The average molecular weight is 470 g/mol. The van der Waals surface area contributed by atoms with E-state index in [2.05, 4.69) is 47.8 Å². The first kappa shape index (κ1) is 22.9. The van der Waals surface area contributed by atoms with E-state index in [1.54, 1.807) is 0 Å². The maximum atomic E-state index is 12.2. The summed E-state index contributed by atoms with van der Waals surface area (Å²) in [6.07, 6.45) is 5.86. The van der Waals surface area contributed by atoms with Gasteiger partial charge in [0.15, 0.2) is 9.84 Å². The molecular weight excluding hydrogens is 434 g/mol. The van der Waals surface area contributed by atoms with Crippen LogP contribution in [0.25, 0.3) is 0 Å². The molecule has 6 heteroatoms. The molecule has 178 valence electrons. The van der Waals surface area contributed by atoms with Gasteiger partial charge in [0, 0.05) is 12.0 Å². The molecule has 0 bridgehead atoms. The third-order valence-electron chi connectivity index (χ3n) is 7.17. The quantitative estimate of drug-likeness (QED) is 0.506. The Morgan fingerprint density at radius 3 is 2.58 bits per heavy atom. The predicted molar refractivity (Wildman–Crippen MR) is 131 cm³/mol. The van der Waals surface area contributed by atoms with Crippen LogP contribution in [-0.2, 0) is 27.4 Å². The molecule has 2 unspecified atom stereocenters. The second-order valence-electron chi connectivity index (χ2n) is 9.96. The minimum absolute atomic E-state index is 0.223. The van der Waals surface area contributed by atoms with Crippen LogP contribution < -0.4 is 10.1 Å². The van der Waals surface area contributed by atoms with Crippen molar-refractivity contribution < 1.29 is 17.9 Å². The lowest BCUT2D eigenvalue weighted by Crippen LogP contribution is -2.53. The molecule has 3 aliphatic rings. The third kappa shape index (κ3) is 6.17. The zero-order valence-electron chi connectivity index (χ0n) is 19.2. The number of aryl methyl sites for hydroxylation is 1. The van der Waals surface area contributed by atoms with Crippen LogP contribution in [0, 0.1) is 5.92 Å². The van der Waals surface area contributed by atoms with Gasteiger partial charge >= 0.3 is 0 Å². The Morgan fingerprint density at radius 1 is 1.03 bits per heavy atom. The predicted octanol–water partition coefficient (Wildman–Crippen LogP) is 3.91. The topological polar surface area (TPSA) is 64.6 Å². The summed E-state index contributed by atoms with van der Waals surface area (Å²) in [4.78, 5) is 0. The molecule has 0 radical (unpaired) electrons. The van der Waals surface area contributed by atoms with Crippen molar-refractivity contribution in [1.29, 1.82) is 0 Å². The Kier molecular flexibility index (Phi) is 7.05. The van der Waals surface area contributed by atoms with Gasteiger partial charge in [0.25, 0.3) is 0 Å². The highest BCUT2D eigenvalue weighted by Crippen LogP contribution is 2.37. The first-order valence-corrected chi connectivity index (χ1v) is 14.2. The SMILES string of the molecule is O=S(=O)(CCCOc1ccc2c(c1)C(Cc1ccccc1)C(NC1COC1)CC2)CC1CC1. The molecule has 1 saturated heterocycles. The Hall–Kier alpha value is -1.89. The van der Waals surface area contributed by atoms with Crippen LogP contribution in [0.3, 0.4) is 0 Å². The Bertz CT molecular complexity index is 1030. The van der Waals surface area contributed by atoms with Crippen molar-refractivity contribution in [1.82, 2.24) is 5.32 Å². The van der Waals surface area contributed by atoms with E-state index in [-0.39, 0.29) is 5.75 Å². The Balaban J connectivity index is 1.26. The van der Waals surface area contributed by atoms with Crippen LogP contribution in [0.1, 0.15) is 48.3 Å². The summed E-state index contributed by atoms with van der Waals surface area (Å²) in [5.41, 5.74) is 4.11. The minimum atomic E-state index is -2.94. The third-order valence-corrected chi connectivity index (χ3v) is 9.06. The number of rotatable bonds is 11. The molecule has 2 fully saturated rings. The zero-order chi connectivity index (χ0) is 22.7. The van der Waals surface area contributed by atoms with Gasteiger partial charge in [0.2, 0.25) is 0 Å². The second-order valence-corrected chi connectivity index (χ2v) is 12.2. The van der Waals surface area contributed by atoms with Crippen LogP contribution >= 0.6 is 0 Å². The highest BCUT2D eigenvalue weighted by Gasteiger charge is 2.33. The van der Waals surface area contributed by atoms with Crippen molar-refractivity contribution in [2.24, 2.45) is 5.92 Å². The lowest BCUT2D eigenvalue weighted by molar-refractivity contribution is -0.0123. The van der Waals surface area contributed by atoms with E-state index in [9.17, 15) is 8.42 Å². The molecule has 0 aromatic heterocycles. The number of sulfone groups is 1. The van der Waals surface area contributed by atoms with E-state index in [4.69, 9.17) is 9.47 Å². The van der Waals surface area contributed by atoms with Crippen molar-refractivity contribution >= 4 is 9.84 Å². The Labute approximate surface area is 197 Å². The monoisotopic (exact) mass is 469 g/mol. The van der Waals surface area contributed by atoms with Crippen LogP contribution in [0.15, 0.2) is 48.5 Å². The van der Waals surface area contributed by atoms with Gasteiger partial charge in [-0.2, -0.15) is 0 Å². The van der Waals surface area contributed by atoms with Crippen molar-refractivity contribution in [2.75, 3.05) is 31.3 Å². The van der Waals surface area contributed by atoms with Crippen molar-refractivity contribution in [3.8, 4) is 5.75 Å². The summed E-state index contributed by atoms with van der Waals surface area (Å²) in [7, 11) is -2.94. The smallest absolute Gasteiger partial charge is 0.150 e. The number of fused-ring (bicyclic) bond motifs is 1. The van der Waals surface area contributed by atoms with Crippen LogP contribution in [-0.4, -0.2) is 51.8 Å². The van der Waals surface area contributed by atoms with E-state index < -0.39 is 9.84 Å². The summed E-state index contributed by atoms with van der Waals surface area (Å²) >= 11 is 0. The molecule has 2 aromatic rings. The van der Waals surface area contributed by atoms with Gasteiger partial charge in [-0.1, -0.05) is 36.4 Å². The number of ether oxygens (including phenoxy) is 2. The fourth-order valence-electron chi connectivity index (χ4n) is 5.11. The highest BCUT2D eigenvalue weighted by atomic mass is 32.2. The standard InChI is InChI=1S/C27H35NO4S/c29-33(30,19-21-7-8-21)14-4-13-32-24-11-9-22-10-12-27(28-23-17-31-18-23)26(25(22)16-24)15-20-5-2-1-3-6-20/h1-3,5-6,9,11,16,21,23,26-28H,4,7-8,10,12-15,17-19H2. The van der Waals surface area contributed by atoms with Crippen molar-refractivity contribution in [3.63, 3.8) is 0 Å². The molecule has 0 spiro atoms. The molecular formula is C27H35NO4S. The maximum absolute atomic E-state index is 12.2. The molecule has 2 aromatic carbocycles. The van der Waals surface area contributed by atoms with Crippen LogP contribution in [0.2, 0.25) is 0 Å². The van der Waals surface area contributed by atoms with Gasteiger partial charge in [-0.25, -0.2) is 8.42 Å². The van der Waals surface area contributed by atoms with E-state index in [1.807, 2.05) is 6.07 Å². The highest BCUT2D eigenvalue weighted by molar-refractivity contribution is 7.91. The molecule has 5 rings (SSSR count). The van der Waals surface area contributed by atoms with Gasteiger partial charge in [-0.15, -0.1) is 0 Å². The first-order chi connectivity index (χ1) is 16.1. The van der Waals surface area contributed by atoms with Crippen molar-refractivity contribution in [3.05, 3.63) is 65.2 Å². The zero-order valence-corrected chi connectivity index (χ0v) is 20.1. The summed E-state index contributed by atoms with van der Waals surface area (Å²) in [6, 6.07) is 18.0. The fraction of sp³-hybridized carbons (Fsp3) is 0.556. The maximum Gasteiger partial charge on any atom is 0.150 e. The fourth-order valence-corrected chi connectivity index (χ4v) is 6.89. The normalized spacial score (nSPS) is 23.0.